The Bertz CT molecular complexity index is 660. The van der Waals surface area contributed by atoms with Gasteiger partial charge >= 0.3 is 0 Å². The van der Waals surface area contributed by atoms with E-state index in [2.05, 4.69) is 50.5 Å². The number of nitrogens with one attached hydrogen (secondary N) is 1. The summed E-state index contributed by atoms with van der Waals surface area (Å²) in [6.07, 6.45) is 0. The normalized spacial score (nSPS) is 15.5. The van der Waals surface area contributed by atoms with Crippen molar-refractivity contribution in [2.24, 2.45) is 0 Å². The van der Waals surface area contributed by atoms with Crippen LogP contribution >= 0.6 is 28.3 Å². The van der Waals surface area contributed by atoms with Gasteiger partial charge < -0.3 is 0 Å². The highest BCUT2D eigenvalue weighted by Gasteiger charge is 2.19. The molecule has 1 aliphatic rings. The van der Waals surface area contributed by atoms with E-state index in [-0.39, 0.29) is 18.3 Å². The number of amides is 1. The molecule has 0 aliphatic carbocycles. The molecule has 0 spiro atoms. The number of halogens is 2. The fraction of sp³-hybridized carbons (Fsp3) is 0.278. The largest absolute Gasteiger partial charge is 0.296 e. The molecule has 1 amide bonds. The van der Waals surface area contributed by atoms with Crippen LogP contribution in [0, 0.1) is 0 Å². The Hall–Kier alpha value is -1.40. The van der Waals surface area contributed by atoms with Crippen molar-refractivity contribution in [1.29, 1.82) is 0 Å². The summed E-state index contributed by atoms with van der Waals surface area (Å²) in [5.41, 5.74) is 5.00. The summed E-state index contributed by atoms with van der Waals surface area (Å²) in [4.78, 5) is 14.7. The van der Waals surface area contributed by atoms with Crippen LogP contribution in [0.3, 0.4) is 0 Å². The Balaban J connectivity index is 0.00000208. The van der Waals surface area contributed by atoms with Gasteiger partial charge in [-0.15, -0.1) is 12.4 Å². The van der Waals surface area contributed by atoms with Gasteiger partial charge in [-0.05, 0) is 33.6 Å². The molecule has 0 bridgehead atoms. The van der Waals surface area contributed by atoms with E-state index in [1.54, 1.807) is 0 Å². The number of carbonyl (C=O) groups excluding carboxylic acids is 1. The van der Waals surface area contributed by atoms with Crippen LogP contribution in [0.2, 0.25) is 0 Å². The third-order valence-electron chi connectivity index (χ3n) is 4.00. The second-order valence-corrected chi connectivity index (χ2v) is 6.52. The molecule has 0 atom stereocenters. The van der Waals surface area contributed by atoms with Crippen molar-refractivity contribution in [1.82, 2.24) is 15.3 Å². The zero-order valence-electron chi connectivity index (χ0n) is 13.3. The molecule has 6 heteroatoms. The fourth-order valence-electron chi connectivity index (χ4n) is 2.71. The van der Waals surface area contributed by atoms with Gasteiger partial charge in [0.15, 0.2) is 0 Å². The Labute approximate surface area is 157 Å². The molecule has 1 aliphatic heterocycles. The SMILES string of the molecule is Cl.O=C(NN1CCN(Cc2ccccc2)CC1)c1ccccc1Br. The van der Waals surface area contributed by atoms with Gasteiger partial charge in [-0.2, -0.15) is 0 Å². The van der Waals surface area contributed by atoms with Crippen LogP contribution in [0.5, 0.6) is 0 Å². The number of nitrogens with zero attached hydrogens (tertiary/aromatic N) is 2. The molecule has 1 fully saturated rings. The van der Waals surface area contributed by atoms with Gasteiger partial charge in [-0.25, -0.2) is 5.01 Å². The molecule has 0 aromatic heterocycles. The van der Waals surface area contributed by atoms with Crippen molar-refractivity contribution >= 4 is 34.2 Å². The predicted molar refractivity (Wildman–Crippen MR) is 102 cm³/mol. The van der Waals surface area contributed by atoms with E-state index in [1.807, 2.05) is 35.3 Å². The van der Waals surface area contributed by atoms with Crippen molar-refractivity contribution in [2.75, 3.05) is 26.2 Å². The highest BCUT2D eigenvalue weighted by atomic mass is 79.9. The van der Waals surface area contributed by atoms with Gasteiger partial charge in [0.1, 0.15) is 0 Å². The molecule has 0 saturated carbocycles. The van der Waals surface area contributed by atoms with Crippen LogP contribution in [0.4, 0.5) is 0 Å². The van der Waals surface area contributed by atoms with Gasteiger partial charge in [-0.3, -0.25) is 15.1 Å². The average Bonchev–Trinajstić information content (AvgIpc) is 2.58. The van der Waals surface area contributed by atoms with Gasteiger partial charge in [0.2, 0.25) is 0 Å². The first-order chi connectivity index (χ1) is 11.2. The fourth-order valence-corrected chi connectivity index (χ4v) is 3.17. The van der Waals surface area contributed by atoms with Gasteiger partial charge in [-0.1, -0.05) is 42.5 Å². The van der Waals surface area contributed by atoms with E-state index in [0.29, 0.717) is 5.56 Å². The third kappa shape index (κ3) is 5.05. The number of hydrogen-bond donors (Lipinski definition) is 1. The van der Waals surface area contributed by atoms with Gasteiger partial charge in [0.05, 0.1) is 5.56 Å². The molecule has 2 aromatic carbocycles. The highest BCUT2D eigenvalue weighted by molar-refractivity contribution is 9.10. The molecule has 3 rings (SSSR count). The van der Waals surface area contributed by atoms with E-state index < -0.39 is 0 Å². The first-order valence-electron chi connectivity index (χ1n) is 7.79. The number of benzene rings is 2. The molecule has 1 saturated heterocycles. The van der Waals surface area contributed by atoms with E-state index >= 15 is 0 Å². The molecule has 128 valence electrons. The third-order valence-corrected chi connectivity index (χ3v) is 4.69. The van der Waals surface area contributed by atoms with Crippen LogP contribution in [-0.4, -0.2) is 42.0 Å². The topological polar surface area (TPSA) is 35.6 Å². The lowest BCUT2D eigenvalue weighted by atomic mass is 10.2. The highest BCUT2D eigenvalue weighted by Crippen LogP contribution is 2.16. The molecule has 2 aromatic rings. The lowest BCUT2D eigenvalue weighted by Crippen LogP contribution is -2.53. The number of hydrogen-bond acceptors (Lipinski definition) is 3. The summed E-state index contributed by atoms with van der Waals surface area (Å²) in [5, 5.41) is 2.00. The smallest absolute Gasteiger partial charge is 0.266 e. The van der Waals surface area contributed by atoms with Crippen LogP contribution in [0.1, 0.15) is 15.9 Å². The maximum atomic E-state index is 12.3. The van der Waals surface area contributed by atoms with Crippen LogP contribution in [0.15, 0.2) is 59.1 Å². The lowest BCUT2D eigenvalue weighted by molar-refractivity contribution is 0.0604. The molecule has 0 unspecified atom stereocenters. The van der Waals surface area contributed by atoms with Crippen molar-refractivity contribution in [2.45, 2.75) is 6.54 Å². The van der Waals surface area contributed by atoms with E-state index in [9.17, 15) is 4.79 Å². The minimum atomic E-state index is -0.0611. The zero-order valence-corrected chi connectivity index (χ0v) is 15.7. The predicted octanol–water partition coefficient (Wildman–Crippen LogP) is 3.33. The van der Waals surface area contributed by atoms with E-state index in [4.69, 9.17) is 0 Å². The zero-order chi connectivity index (χ0) is 16.1. The second kappa shape index (κ2) is 9.18. The first-order valence-corrected chi connectivity index (χ1v) is 8.58. The van der Waals surface area contributed by atoms with E-state index in [1.165, 1.54) is 5.56 Å². The number of rotatable bonds is 4. The van der Waals surface area contributed by atoms with Crippen molar-refractivity contribution in [3.63, 3.8) is 0 Å². The molecule has 1 heterocycles. The Kier molecular flexibility index (Phi) is 7.24. The Morgan fingerprint density at radius 2 is 1.58 bits per heavy atom. The summed E-state index contributed by atoms with van der Waals surface area (Å²) in [6.45, 7) is 4.54. The molecule has 4 nitrogen and oxygen atoms in total. The van der Waals surface area contributed by atoms with Crippen LogP contribution in [-0.2, 0) is 6.54 Å². The number of piperazine rings is 1. The Morgan fingerprint density at radius 1 is 0.958 bits per heavy atom. The van der Waals surface area contributed by atoms with E-state index in [0.717, 1.165) is 37.2 Å². The summed E-state index contributed by atoms with van der Waals surface area (Å²) in [5.74, 6) is -0.0611. The number of hydrazine groups is 1. The summed E-state index contributed by atoms with van der Waals surface area (Å²) < 4.78 is 0.820. The first kappa shape index (κ1) is 18.9. The van der Waals surface area contributed by atoms with Gasteiger partial charge in [0.25, 0.3) is 5.91 Å². The maximum Gasteiger partial charge on any atom is 0.266 e. The van der Waals surface area contributed by atoms with Crippen LogP contribution < -0.4 is 5.43 Å². The van der Waals surface area contributed by atoms with Crippen molar-refractivity contribution in [3.05, 3.63) is 70.2 Å². The number of carbonyl (C=O) groups is 1. The van der Waals surface area contributed by atoms with Crippen molar-refractivity contribution < 1.29 is 4.79 Å². The van der Waals surface area contributed by atoms with Crippen molar-refractivity contribution in [3.8, 4) is 0 Å². The average molecular weight is 411 g/mol. The standard InChI is InChI=1S/C18H20BrN3O.ClH/c19-17-9-5-4-8-16(17)18(23)20-22-12-10-21(11-13-22)14-15-6-2-1-3-7-15;/h1-9H,10-14H2,(H,20,23);1H. The second-order valence-electron chi connectivity index (χ2n) is 5.67. The monoisotopic (exact) mass is 409 g/mol. The minimum absolute atomic E-state index is 0. The van der Waals surface area contributed by atoms with Gasteiger partial charge in [0, 0.05) is 37.2 Å². The molecule has 0 radical (unpaired) electrons. The summed E-state index contributed by atoms with van der Waals surface area (Å²) in [7, 11) is 0. The van der Waals surface area contributed by atoms with Crippen LogP contribution in [0.25, 0.3) is 0 Å². The minimum Gasteiger partial charge on any atom is -0.296 e. The summed E-state index contributed by atoms with van der Waals surface area (Å²) >= 11 is 3.42. The molecular formula is C18H21BrClN3O. The molecule has 1 N–H and O–H groups in total. The lowest BCUT2D eigenvalue weighted by Gasteiger charge is -2.34. The molecule has 24 heavy (non-hydrogen) atoms. The summed E-state index contributed by atoms with van der Waals surface area (Å²) in [6, 6.07) is 18.0. The quantitative estimate of drug-likeness (QED) is 0.840. The Morgan fingerprint density at radius 3 is 2.25 bits per heavy atom. The maximum absolute atomic E-state index is 12.3. The molecular weight excluding hydrogens is 390 g/mol.